The van der Waals surface area contributed by atoms with Gasteiger partial charge in [-0.25, -0.2) is 4.79 Å². The van der Waals surface area contributed by atoms with Crippen molar-refractivity contribution in [3.05, 3.63) is 81.3 Å². The number of nitrogens with zero attached hydrogens (tertiary/aromatic N) is 4. The average molecular weight is 558 g/mol. The van der Waals surface area contributed by atoms with Gasteiger partial charge >= 0.3 is 6.03 Å². The minimum Gasteiger partial charge on any atom is -0.493 e. The summed E-state index contributed by atoms with van der Waals surface area (Å²) in [5.74, 6) is 4.08. The first-order valence-electron chi connectivity index (χ1n) is 14.3. The van der Waals surface area contributed by atoms with E-state index in [0.717, 1.165) is 42.8 Å². The highest BCUT2D eigenvalue weighted by atomic mass is 16.5. The first-order chi connectivity index (χ1) is 20.1. The molecule has 2 fully saturated rings. The zero-order chi connectivity index (χ0) is 28.4. The minimum absolute atomic E-state index is 0.279. The Kier molecular flexibility index (Phi) is 9.65. The fraction of sp³-hybridized carbons (Fsp3) is 0.452. The van der Waals surface area contributed by atoms with Gasteiger partial charge in [-0.2, -0.15) is 4.79 Å². The van der Waals surface area contributed by atoms with Crippen molar-refractivity contribution in [2.45, 2.75) is 31.7 Å². The predicted molar refractivity (Wildman–Crippen MR) is 157 cm³/mol. The highest BCUT2D eigenvalue weighted by Gasteiger charge is 2.33. The van der Waals surface area contributed by atoms with E-state index in [2.05, 4.69) is 37.5 Å². The summed E-state index contributed by atoms with van der Waals surface area (Å²) >= 11 is 0. The number of rotatable bonds is 8. The van der Waals surface area contributed by atoms with Crippen molar-refractivity contribution in [2.24, 2.45) is 10.9 Å². The van der Waals surface area contributed by atoms with Gasteiger partial charge in [0.15, 0.2) is 17.6 Å². The Morgan fingerprint density at radius 3 is 2.76 bits per heavy atom. The number of ether oxygens (including phenoxy) is 2. The van der Waals surface area contributed by atoms with Crippen LogP contribution in [0.25, 0.3) is 4.85 Å². The number of hydrogen-bond donors (Lipinski definition) is 2. The van der Waals surface area contributed by atoms with Crippen molar-refractivity contribution in [1.82, 2.24) is 20.7 Å². The van der Waals surface area contributed by atoms with Gasteiger partial charge in [-0.3, -0.25) is 4.99 Å². The predicted octanol–water partition coefficient (Wildman–Crippen LogP) is 3.30. The van der Waals surface area contributed by atoms with Crippen LogP contribution in [0.2, 0.25) is 0 Å². The van der Waals surface area contributed by atoms with Crippen molar-refractivity contribution in [2.75, 3.05) is 53.0 Å². The van der Waals surface area contributed by atoms with Gasteiger partial charge in [0.2, 0.25) is 0 Å². The number of allylic oxidation sites excluding steroid dienone is 1. The number of dihydropyridines is 1. The van der Waals surface area contributed by atoms with Crippen LogP contribution in [-0.2, 0) is 14.3 Å². The number of hydrogen-bond acceptors (Lipinski definition) is 8. The summed E-state index contributed by atoms with van der Waals surface area (Å²) in [5.41, 5.74) is 5.62. The lowest BCUT2D eigenvalue weighted by atomic mass is 9.92. The highest BCUT2D eigenvalue weighted by Crippen LogP contribution is 2.34. The van der Waals surface area contributed by atoms with Crippen LogP contribution in [0.3, 0.4) is 0 Å². The number of nitrogens with one attached hydrogen (secondary N) is 2. The van der Waals surface area contributed by atoms with Gasteiger partial charge in [0, 0.05) is 24.9 Å². The van der Waals surface area contributed by atoms with Gasteiger partial charge in [-0.05, 0) is 69.0 Å². The summed E-state index contributed by atoms with van der Waals surface area (Å²) in [6.45, 7) is 5.13. The van der Waals surface area contributed by atoms with Crippen LogP contribution in [-0.4, -0.2) is 87.1 Å². The molecule has 0 radical (unpaired) electrons. The van der Waals surface area contributed by atoms with Crippen molar-refractivity contribution in [3.63, 3.8) is 0 Å². The largest absolute Gasteiger partial charge is 0.617 e. The molecule has 1 aromatic rings. The first-order valence-corrected chi connectivity index (χ1v) is 14.3. The number of fused-ring (bicyclic) bond motifs is 1. The SMILES string of the molecule is COC1=CC2=C(N3CCN(NC(=O)[N+]#Cc4ccccc4)CC3)C(=C=O)C=NC2C=C1OCCCC1CCCNC1. The van der Waals surface area contributed by atoms with E-state index in [9.17, 15) is 9.59 Å². The molecule has 3 heterocycles. The number of hydrazine groups is 1. The third-order valence-corrected chi connectivity index (χ3v) is 7.70. The fourth-order valence-electron chi connectivity index (χ4n) is 5.58. The van der Waals surface area contributed by atoms with E-state index < -0.39 is 6.03 Å². The van der Waals surface area contributed by atoms with Gasteiger partial charge in [-0.15, -0.1) is 15.3 Å². The Balaban J connectivity index is 1.21. The van der Waals surface area contributed by atoms with Gasteiger partial charge in [0.1, 0.15) is 11.5 Å². The summed E-state index contributed by atoms with van der Waals surface area (Å²) < 4.78 is 11.8. The first kappa shape index (κ1) is 28.4. The summed E-state index contributed by atoms with van der Waals surface area (Å²) in [6.07, 6.45) is 10.1. The Hall–Kier alpha value is -4.16. The van der Waals surface area contributed by atoms with Crippen LogP contribution in [0, 0.1) is 12.0 Å². The maximum absolute atomic E-state index is 12.3. The van der Waals surface area contributed by atoms with Crippen LogP contribution < -0.4 is 10.7 Å². The molecule has 2 saturated heterocycles. The average Bonchev–Trinajstić information content (AvgIpc) is 3.02. The Bertz CT molecular complexity index is 1340. The zero-order valence-corrected chi connectivity index (χ0v) is 23.5. The van der Waals surface area contributed by atoms with Crippen LogP contribution in [0.15, 0.2) is 75.8 Å². The second kappa shape index (κ2) is 14.0. The number of methoxy groups -OCH3 is 1. The number of benzene rings is 1. The Morgan fingerprint density at radius 2 is 2.02 bits per heavy atom. The number of carbonyl (C=O) groups is 1. The lowest BCUT2D eigenvalue weighted by Gasteiger charge is -2.37. The second-order valence-corrected chi connectivity index (χ2v) is 10.5. The molecule has 2 atom stereocenters. The number of carbonyl (C=O) groups excluding carboxylic acids is 2. The van der Waals surface area contributed by atoms with E-state index in [1.165, 1.54) is 12.8 Å². The van der Waals surface area contributed by atoms with Gasteiger partial charge in [0.05, 0.1) is 44.1 Å². The summed E-state index contributed by atoms with van der Waals surface area (Å²) in [6, 6.07) is 11.3. The van der Waals surface area contributed by atoms with Gasteiger partial charge in [-0.1, -0.05) is 18.2 Å². The third-order valence-electron chi connectivity index (χ3n) is 7.70. The van der Waals surface area contributed by atoms with Gasteiger partial charge < -0.3 is 19.7 Å². The molecule has 4 aliphatic rings. The van der Waals surface area contributed by atoms with E-state index >= 15 is 0 Å². The monoisotopic (exact) mass is 557 g/mol. The second-order valence-electron chi connectivity index (χ2n) is 10.5. The number of amides is 2. The normalized spacial score (nSPS) is 22.5. The van der Waals surface area contributed by atoms with Crippen LogP contribution >= 0.6 is 0 Å². The molecule has 10 heteroatoms. The smallest absolute Gasteiger partial charge is 0.493 e. The Morgan fingerprint density at radius 1 is 1.20 bits per heavy atom. The fourth-order valence-corrected chi connectivity index (χ4v) is 5.58. The zero-order valence-electron chi connectivity index (χ0n) is 23.5. The molecule has 214 valence electrons. The summed E-state index contributed by atoms with van der Waals surface area (Å²) in [5, 5.41) is 5.29. The summed E-state index contributed by atoms with van der Waals surface area (Å²) in [4.78, 5) is 34.8. The molecule has 10 nitrogen and oxygen atoms in total. The molecular formula is C31H37N6O4+. The third kappa shape index (κ3) is 7.33. The van der Waals surface area contributed by atoms with Crippen molar-refractivity contribution >= 4 is 18.2 Å². The highest BCUT2D eigenvalue weighted by molar-refractivity contribution is 5.97. The van der Waals surface area contributed by atoms with Crippen molar-refractivity contribution < 1.29 is 19.1 Å². The van der Waals surface area contributed by atoms with Crippen LogP contribution in [0.5, 0.6) is 0 Å². The van der Waals surface area contributed by atoms with E-state index in [1.54, 1.807) is 13.3 Å². The topological polar surface area (TPSA) is 99.9 Å². The minimum atomic E-state index is -0.476. The van der Waals surface area contributed by atoms with E-state index in [4.69, 9.17) is 9.47 Å². The number of piperazine rings is 1. The molecule has 41 heavy (non-hydrogen) atoms. The lowest BCUT2D eigenvalue weighted by molar-refractivity contribution is 0.121. The van der Waals surface area contributed by atoms with Gasteiger partial charge in [0.25, 0.3) is 0 Å². The molecule has 2 amide bonds. The standard InChI is InChI=1S/C31H36N6O4/c1-40-28-17-26-27(18-29(28)41-16-6-10-23-9-5-11-32-19-23)33-21-25(22-38)30(26)36-12-14-37(15-13-36)35-31(39)34-20-24-7-3-2-4-8-24/h2-4,7-8,17-18,21,23,27,32H,5-6,9-16,19H2,1H3/p+1. The molecule has 1 aromatic carbocycles. The molecule has 3 aliphatic heterocycles. The number of aliphatic imine (C=N–C) groups is 1. The van der Waals surface area contributed by atoms with Crippen LogP contribution in [0.1, 0.15) is 31.2 Å². The molecule has 0 spiro atoms. The molecule has 1 aliphatic carbocycles. The summed E-state index contributed by atoms with van der Waals surface area (Å²) in [7, 11) is 1.62. The lowest BCUT2D eigenvalue weighted by Crippen LogP contribution is -2.53. The maximum atomic E-state index is 12.3. The maximum Gasteiger partial charge on any atom is 0.617 e. The van der Waals surface area contributed by atoms with E-state index in [1.807, 2.05) is 47.5 Å². The van der Waals surface area contributed by atoms with Crippen molar-refractivity contribution in [1.29, 1.82) is 0 Å². The Labute approximate surface area is 240 Å². The molecule has 0 saturated carbocycles. The number of piperidine rings is 1. The molecule has 2 unspecified atom stereocenters. The van der Waals surface area contributed by atoms with E-state index in [-0.39, 0.29) is 6.04 Å². The molecule has 5 rings (SSSR count). The number of urea groups is 1. The molecule has 0 bridgehead atoms. The van der Waals surface area contributed by atoms with Crippen molar-refractivity contribution in [3.8, 4) is 6.07 Å². The van der Waals surface area contributed by atoms with E-state index in [0.29, 0.717) is 55.8 Å². The van der Waals surface area contributed by atoms with Crippen LogP contribution in [0.4, 0.5) is 4.79 Å². The molecular weight excluding hydrogens is 520 g/mol. The quantitative estimate of drug-likeness (QED) is 0.374. The molecule has 0 aromatic heterocycles. The molecule has 2 N–H and O–H groups in total.